The van der Waals surface area contributed by atoms with Crippen LogP contribution in [0.15, 0.2) is 37.1 Å². The molecule has 0 atom stereocenters. The van der Waals surface area contributed by atoms with Crippen LogP contribution in [0.25, 0.3) is 5.82 Å². The number of carbonyl (C=O) groups excluding carboxylic acids is 1. The zero-order valence-electron chi connectivity index (χ0n) is 11.2. The number of carbonyl (C=O) groups is 1. The number of rotatable bonds is 5. The van der Waals surface area contributed by atoms with Gasteiger partial charge in [0.2, 0.25) is 0 Å². The molecule has 0 saturated heterocycles. The van der Waals surface area contributed by atoms with Crippen molar-refractivity contribution in [2.24, 2.45) is 5.92 Å². The minimum absolute atomic E-state index is 0.0654. The molecule has 0 aliphatic carbocycles. The molecule has 0 radical (unpaired) electrons. The van der Waals surface area contributed by atoms with Crippen LogP contribution in [-0.4, -0.2) is 27.0 Å². The lowest BCUT2D eigenvalue weighted by atomic mass is 10.1. The molecule has 0 fully saturated rings. The molecular weight excluding hydrogens is 240 g/mol. The summed E-state index contributed by atoms with van der Waals surface area (Å²) in [4.78, 5) is 20.2. The number of aromatic nitrogens is 3. The van der Waals surface area contributed by atoms with E-state index in [9.17, 15) is 4.79 Å². The molecule has 1 N–H and O–H groups in total. The Balaban J connectivity index is 2.04. The van der Waals surface area contributed by atoms with Crippen molar-refractivity contribution in [1.82, 2.24) is 19.9 Å². The van der Waals surface area contributed by atoms with E-state index < -0.39 is 0 Å². The van der Waals surface area contributed by atoms with Crippen molar-refractivity contribution in [3.8, 4) is 5.82 Å². The van der Waals surface area contributed by atoms with Gasteiger partial charge >= 0.3 is 0 Å². The van der Waals surface area contributed by atoms with Crippen LogP contribution in [0.3, 0.4) is 0 Å². The molecule has 1 amide bonds. The monoisotopic (exact) mass is 258 g/mol. The summed E-state index contributed by atoms with van der Waals surface area (Å²) in [6.45, 7) is 4.96. The highest BCUT2D eigenvalue weighted by Gasteiger charge is 2.07. The van der Waals surface area contributed by atoms with Gasteiger partial charge in [-0.25, -0.2) is 9.97 Å². The molecule has 0 aromatic carbocycles. The molecule has 2 aromatic rings. The highest BCUT2D eigenvalue weighted by atomic mass is 16.1. The van der Waals surface area contributed by atoms with Crippen LogP contribution >= 0.6 is 0 Å². The lowest BCUT2D eigenvalue weighted by Gasteiger charge is -2.08. The van der Waals surface area contributed by atoms with Crippen molar-refractivity contribution in [2.75, 3.05) is 6.54 Å². The Morgan fingerprint density at radius 2 is 2.26 bits per heavy atom. The molecule has 2 heterocycles. The fourth-order valence-electron chi connectivity index (χ4n) is 1.67. The summed E-state index contributed by atoms with van der Waals surface area (Å²) >= 11 is 0. The third kappa shape index (κ3) is 3.64. The van der Waals surface area contributed by atoms with Crippen molar-refractivity contribution < 1.29 is 4.79 Å². The average molecular weight is 258 g/mol. The molecule has 0 unspecified atom stereocenters. The summed E-state index contributed by atoms with van der Waals surface area (Å²) in [6, 6.07) is 3.47. The fourth-order valence-corrected chi connectivity index (χ4v) is 1.67. The van der Waals surface area contributed by atoms with Crippen molar-refractivity contribution in [1.29, 1.82) is 0 Å². The van der Waals surface area contributed by atoms with Crippen LogP contribution in [0, 0.1) is 5.92 Å². The second-order valence-electron chi connectivity index (χ2n) is 4.81. The molecule has 0 aliphatic rings. The summed E-state index contributed by atoms with van der Waals surface area (Å²) in [5.41, 5.74) is 0.613. The molecule has 2 rings (SSSR count). The molecule has 0 aliphatic heterocycles. The highest BCUT2D eigenvalue weighted by Crippen LogP contribution is 2.07. The Bertz CT molecular complexity index is 534. The molecule has 0 bridgehead atoms. The number of hydrogen-bond acceptors (Lipinski definition) is 3. The van der Waals surface area contributed by atoms with E-state index in [0.29, 0.717) is 23.8 Å². The van der Waals surface area contributed by atoms with E-state index in [1.807, 2.05) is 0 Å². The van der Waals surface area contributed by atoms with Crippen LogP contribution in [-0.2, 0) is 0 Å². The Hall–Kier alpha value is -2.17. The zero-order chi connectivity index (χ0) is 13.7. The van der Waals surface area contributed by atoms with Crippen LogP contribution in [0.2, 0.25) is 0 Å². The lowest BCUT2D eigenvalue weighted by molar-refractivity contribution is 0.0952. The SMILES string of the molecule is CC(C)CCNC(=O)c1ccnc(-n2ccnc2)c1. The van der Waals surface area contributed by atoms with Gasteiger partial charge in [0.1, 0.15) is 12.1 Å². The molecule has 2 aromatic heterocycles. The molecule has 100 valence electrons. The van der Waals surface area contributed by atoms with E-state index in [0.717, 1.165) is 6.42 Å². The number of pyridine rings is 1. The summed E-state index contributed by atoms with van der Waals surface area (Å²) in [5, 5.41) is 2.91. The standard InChI is InChI=1S/C14H18N4O/c1-11(2)3-5-17-14(19)12-4-6-16-13(9-12)18-8-7-15-10-18/h4,6-11H,3,5H2,1-2H3,(H,17,19). The van der Waals surface area contributed by atoms with E-state index in [2.05, 4.69) is 29.1 Å². The number of imidazole rings is 1. The molecular formula is C14H18N4O. The largest absolute Gasteiger partial charge is 0.352 e. The van der Waals surface area contributed by atoms with Gasteiger partial charge in [0.15, 0.2) is 0 Å². The summed E-state index contributed by atoms with van der Waals surface area (Å²) in [5.74, 6) is 1.21. The predicted octanol–water partition coefficient (Wildman–Crippen LogP) is 2.04. The minimum atomic E-state index is -0.0654. The van der Waals surface area contributed by atoms with Crippen LogP contribution in [0.5, 0.6) is 0 Å². The maximum absolute atomic E-state index is 12.0. The topological polar surface area (TPSA) is 59.8 Å². The second kappa shape index (κ2) is 6.13. The molecule has 0 spiro atoms. The molecule has 0 saturated carbocycles. The molecule has 19 heavy (non-hydrogen) atoms. The number of amides is 1. The van der Waals surface area contributed by atoms with Crippen molar-refractivity contribution >= 4 is 5.91 Å². The van der Waals surface area contributed by atoms with Crippen LogP contribution in [0.4, 0.5) is 0 Å². The van der Waals surface area contributed by atoms with Gasteiger partial charge in [-0.2, -0.15) is 0 Å². The maximum atomic E-state index is 12.0. The van der Waals surface area contributed by atoms with E-state index in [1.54, 1.807) is 41.6 Å². The minimum Gasteiger partial charge on any atom is -0.352 e. The van der Waals surface area contributed by atoms with Gasteiger partial charge in [0.25, 0.3) is 5.91 Å². The van der Waals surface area contributed by atoms with Crippen molar-refractivity contribution in [3.63, 3.8) is 0 Å². The Kier molecular flexibility index (Phi) is 4.28. The Labute approximate surface area is 112 Å². The first-order valence-corrected chi connectivity index (χ1v) is 6.39. The smallest absolute Gasteiger partial charge is 0.251 e. The van der Waals surface area contributed by atoms with Crippen LogP contribution in [0.1, 0.15) is 30.6 Å². The van der Waals surface area contributed by atoms with Gasteiger partial charge < -0.3 is 5.32 Å². The van der Waals surface area contributed by atoms with E-state index in [4.69, 9.17) is 0 Å². The highest BCUT2D eigenvalue weighted by molar-refractivity contribution is 5.94. The van der Waals surface area contributed by atoms with Gasteiger partial charge in [-0.15, -0.1) is 0 Å². The van der Waals surface area contributed by atoms with Gasteiger partial charge in [-0.1, -0.05) is 13.8 Å². The summed E-state index contributed by atoms with van der Waals surface area (Å²) < 4.78 is 1.77. The van der Waals surface area contributed by atoms with Gasteiger partial charge in [-0.3, -0.25) is 9.36 Å². The molecule has 5 heteroatoms. The number of hydrogen-bond donors (Lipinski definition) is 1. The second-order valence-corrected chi connectivity index (χ2v) is 4.81. The fraction of sp³-hybridized carbons (Fsp3) is 0.357. The van der Waals surface area contributed by atoms with Gasteiger partial charge in [0.05, 0.1) is 0 Å². The van der Waals surface area contributed by atoms with Crippen molar-refractivity contribution in [2.45, 2.75) is 20.3 Å². The number of nitrogens with zero attached hydrogens (tertiary/aromatic N) is 3. The number of nitrogens with one attached hydrogen (secondary N) is 1. The Morgan fingerprint density at radius 1 is 1.42 bits per heavy atom. The first kappa shape index (κ1) is 13.3. The third-order valence-corrected chi connectivity index (χ3v) is 2.78. The van der Waals surface area contributed by atoms with E-state index in [1.165, 1.54) is 0 Å². The van der Waals surface area contributed by atoms with Crippen molar-refractivity contribution in [3.05, 3.63) is 42.6 Å². The predicted molar refractivity (Wildman–Crippen MR) is 73.1 cm³/mol. The summed E-state index contributed by atoms with van der Waals surface area (Å²) in [7, 11) is 0. The Morgan fingerprint density at radius 3 is 2.95 bits per heavy atom. The van der Waals surface area contributed by atoms with Gasteiger partial charge in [-0.05, 0) is 24.5 Å². The summed E-state index contributed by atoms with van der Waals surface area (Å²) in [6.07, 6.45) is 7.74. The van der Waals surface area contributed by atoms with Gasteiger partial charge in [0, 0.05) is 30.7 Å². The normalized spacial score (nSPS) is 10.7. The maximum Gasteiger partial charge on any atom is 0.251 e. The average Bonchev–Trinajstić information content (AvgIpc) is 2.92. The zero-order valence-corrected chi connectivity index (χ0v) is 11.2. The lowest BCUT2D eigenvalue weighted by Crippen LogP contribution is -2.25. The first-order chi connectivity index (χ1) is 9.16. The quantitative estimate of drug-likeness (QED) is 0.892. The molecule has 5 nitrogen and oxygen atoms in total. The third-order valence-electron chi connectivity index (χ3n) is 2.78. The van der Waals surface area contributed by atoms with Crippen LogP contribution < -0.4 is 5.32 Å². The first-order valence-electron chi connectivity index (χ1n) is 6.39. The van der Waals surface area contributed by atoms with E-state index >= 15 is 0 Å². The van der Waals surface area contributed by atoms with E-state index in [-0.39, 0.29) is 5.91 Å².